The molecular formula is C25H29N5OS. The molecule has 166 valence electrons. The van der Waals surface area contributed by atoms with Crippen molar-refractivity contribution in [3.05, 3.63) is 58.9 Å². The van der Waals surface area contributed by atoms with Crippen molar-refractivity contribution in [2.24, 2.45) is 0 Å². The number of rotatable bonds is 5. The summed E-state index contributed by atoms with van der Waals surface area (Å²) < 4.78 is 0. The largest absolute Gasteiger partial charge is 0.382 e. The Morgan fingerprint density at radius 1 is 1.28 bits per heavy atom. The molecule has 32 heavy (non-hydrogen) atoms. The molecule has 1 atom stereocenters. The van der Waals surface area contributed by atoms with Crippen molar-refractivity contribution in [3.63, 3.8) is 0 Å². The number of thiazole rings is 1. The number of benzene rings is 1. The van der Waals surface area contributed by atoms with Crippen molar-refractivity contribution in [2.75, 3.05) is 31.2 Å². The maximum Gasteiger partial charge on any atom is 0.146 e. The van der Waals surface area contributed by atoms with E-state index < -0.39 is 5.60 Å². The minimum atomic E-state index is -1.01. The summed E-state index contributed by atoms with van der Waals surface area (Å²) in [5.41, 5.74) is 8.87. The summed E-state index contributed by atoms with van der Waals surface area (Å²) in [5, 5.41) is 14.4. The van der Waals surface area contributed by atoms with Crippen LogP contribution < -0.4 is 11.1 Å². The van der Waals surface area contributed by atoms with E-state index in [9.17, 15) is 5.11 Å². The molecule has 0 spiro atoms. The van der Waals surface area contributed by atoms with Crippen molar-refractivity contribution >= 4 is 22.8 Å². The maximum absolute atomic E-state index is 9.81. The number of likely N-dealkylation sites (N-methyl/N-ethyl adjacent to an activating group) is 1. The lowest BCUT2D eigenvalue weighted by atomic mass is 10.1. The van der Waals surface area contributed by atoms with Crippen LogP contribution in [0.25, 0.3) is 10.4 Å². The van der Waals surface area contributed by atoms with Crippen molar-refractivity contribution < 1.29 is 5.11 Å². The van der Waals surface area contributed by atoms with Crippen molar-refractivity contribution in [1.82, 2.24) is 14.9 Å². The molecule has 4 N–H and O–H groups in total. The van der Waals surface area contributed by atoms with Gasteiger partial charge >= 0.3 is 0 Å². The summed E-state index contributed by atoms with van der Waals surface area (Å²) in [6.07, 6.45) is 4.92. The Morgan fingerprint density at radius 2 is 2.12 bits per heavy atom. The second kappa shape index (κ2) is 9.29. The highest BCUT2D eigenvalue weighted by Crippen LogP contribution is 2.35. The van der Waals surface area contributed by atoms with E-state index in [2.05, 4.69) is 39.1 Å². The Labute approximate surface area is 193 Å². The van der Waals surface area contributed by atoms with Gasteiger partial charge < -0.3 is 21.1 Å². The SMILES string of the molecule is CN1CCC(c2ncc(-c3cnc(N)c(NCc4cccc(C#CC(C)(C)O)c4)c3)s2)C1. The minimum Gasteiger partial charge on any atom is -0.382 e. The predicted molar refractivity (Wildman–Crippen MR) is 132 cm³/mol. The van der Waals surface area contributed by atoms with Gasteiger partial charge in [-0.05, 0) is 57.6 Å². The lowest BCUT2D eigenvalue weighted by molar-refractivity contribution is 0.143. The number of aromatic nitrogens is 2. The zero-order valence-electron chi connectivity index (χ0n) is 18.7. The average Bonchev–Trinajstić information content (AvgIpc) is 3.41. The average molecular weight is 448 g/mol. The fraction of sp³-hybridized carbons (Fsp3) is 0.360. The molecule has 3 heterocycles. The van der Waals surface area contributed by atoms with Crippen molar-refractivity contribution in [2.45, 2.75) is 38.3 Å². The summed E-state index contributed by atoms with van der Waals surface area (Å²) in [6, 6.07) is 9.97. The van der Waals surface area contributed by atoms with Gasteiger partial charge in [-0.2, -0.15) is 0 Å². The zero-order chi connectivity index (χ0) is 22.7. The molecule has 0 radical (unpaired) electrons. The third-order valence-electron chi connectivity index (χ3n) is 5.39. The molecular weight excluding hydrogens is 418 g/mol. The van der Waals surface area contributed by atoms with Gasteiger partial charge in [-0.1, -0.05) is 24.0 Å². The van der Waals surface area contributed by atoms with Crippen LogP contribution in [0.1, 0.15) is 42.3 Å². The molecule has 0 aliphatic carbocycles. The van der Waals surface area contributed by atoms with Gasteiger partial charge in [0.05, 0.1) is 15.6 Å². The van der Waals surface area contributed by atoms with E-state index in [0.29, 0.717) is 18.3 Å². The molecule has 1 fully saturated rings. The monoisotopic (exact) mass is 447 g/mol. The van der Waals surface area contributed by atoms with Crippen molar-refractivity contribution in [1.29, 1.82) is 0 Å². The number of nitrogens with one attached hydrogen (secondary N) is 1. The number of hydrogen-bond acceptors (Lipinski definition) is 7. The fourth-order valence-electron chi connectivity index (χ4n) is 3.68. The quantitative estimate of drug-likeness (QED) is 0.514. The first-order chi connectivity index (χ1) is 15.3. The van der Waals surface area contributed by atoms with Gasteiger partial charge in [0.2, 0.25) is 0 Å². The Hall–Kier alpha value is -2.92. The van der Waals surface area contributed by atoms with Crippen LogP contribution in [-0.2, 0) is 6.54 Å². The molecule has 0 saturated carbocycles. The molecule has 1 unspecified atom stereocenters. The summed E-state index contributed by atoms with van der Waals surface area (Å²) >= 11 is 1.74. The summed E-state index contributed by atoms with van der Waals surface area (Å²) in [4.78, 5) is 12.5. The Balaban J connectivity index is 1.47. The van der Waals surface area contributed by atoms with Gasteiger partial charge in [-0.15, -0.1) is 11.3 Å². The van der Waals surface area contributed by atoms with Crippen LogP contribution in [0, 0.1) is 11.8 Å². The number of nitrogens with two attached hydrogens (primary N) is 1. The summed E-state index contributed by atoms with van der Waals surface area (Å²) in [6.45, 7) is 6.13. The first-order valence-electron chi connectivity index (χ1n) is 10.8. The van der Waals surface area contributed by atoms with Crippen LogP contribution in [0.5, 0.6) is 0 Å². The van der Waals surface area contributed by atoms with E-state index >= 15 is 0 Å². The number of pyridine rings is 1. The van der Waals surface area contributed by atoms with E-state index in [0.717, 1.165) is 46.8 Å². The Morgan fingerprint density at radius 3 is 2.88 bits per heavy atom. The molecule has 2 aromatic heterocycles. The first-order valence-corrected chi connectivity index (χ1v) is 11.6. The van der Waals surface area contributed by atoms with Gasteiger partial charge in [0.25, 0.3) is 0 Å². The highest BCUT2D eigenvalue weighted by molar-refractivity contribution is 7.15. The number of anilines is 2. The molecule has 6 nitrogen and oxygen atoms in total. The highest BCUT2D eigenvalue weighted by Gasteiger charge is 2.24. The molecule has 3 aromatic rings. The fourth-order valence-corrected chi connectivity index (χ4v) is 4.70. The van der Waals surface area contributed by atoms with Gasteiger partial charge in [0, 0.05) is 42.5 Å². The smallest absolute Gasteiger partial charge is 0.146 e. The van der Waals surface area contributed by atoms with E-state index in [1.165, 1.54) is 5.01 Å². The van der Waals surface area contributed by atoms with Crippen LogP contribution in [-0.4, -0.2) is 45.7 Å². The molecule has 0 bridgehead atoms. The predicted octanol–water partition coefficient (Wildman–Crippen LogP) is 3.94. The van der Waals surface area contributed by atoms with E-state index in [1.807, 2.05) is 42.7 Å². The van der Waals surface area contributed by atoms with Gasteiger partial charge in [0.1, 0.15) is 11.4 Å². The number of nitrogens with zero attached hydrogens (tertiary/aromatic N) is 3. The number of aliphatic hydroxyl groups is 1. The van der Waals surface area contributed by atoms with Crippen LogP contribution >= 0.6 is 11.3 Å². The Bertz CT molecular complexity index is 1150. The van der Waals surface area contributed by atoms with E-state index in [-0.39, 0.29) is 0 Å². The molecule has 1 aliphatic rings. The van der Waals surface area contributed by atoms with Crippen LogP contribution in [0.2, 0.25) is 0 Å². The lowest BCUT2D eigenvalue weighted by Gasteiger charge is -2.11. The van der Waals surface area contributed by atoms with Gasteiger partial charge in [-0.25, -0.2) is 9.97 Å². The third-order valence-corrected chi connectivity index (χ3v) is 6.60. The molecule has 1 aromatic carbocycles. The van der Waals surface area contributed by atoms with Crippen LogP contribution in [0.3, 0.4) is 0 Å². The minimum absolute atomic E-state index is 0.467. The molecule has 0 amide bonds. The number of hydrogen-bond donors (Lipinski definition) is 3. The topological polar surface area (TPSA) is 87.3 Å². The molecule has 4 rings (SSSR count). The standard InChI is InChI=1S/C25H29N5OS/c1-25(2,31)9-7-17-5-4-6-18(11-17)13-27-21-12-20(14-28-23(21)26)22-15-29-24(32-22)19-8-10-30(3)16-19/h4-6,11-12,14-15,19,27,31H,8,10,13,16H2,1-3H3,(H2,26,28). The number of likely N-dealkylation sites (tertiary alicyclic amines) is 1. The summed E-state index contributed by atoms with van der Waals surface area (Å²) in [7, 11) is 2.16. The maximum atomic E-state index is 9.81. The van der Waals surface area contributed by atoms with Crippen molar-refractivity contribution in [3.8, 4) is 22.3 Å². The zero-order valence-corrected chi connectivity index (χ0v) is 19.5. The molecule has 1 aliphatic heterocycles. The molecule has 7 heteroatoms. The lowest BCUT2D eigenvalue weighted by Crippen LogP contribution is -2.14. The second-order valence-electron chi connectivity index (χ2n) is 8.83. The normalized spacial score (nSPS) is 16.6. The van der Waals surface area contributed by atoms with E-state index in [4.69, 9.17) is 5.73 Å². The van der Waals surface area contributed by atoms with Gasteiger partial charge in [-0.3, -0.25) is 0 Å². The highest BCUT2D eigenvalue weighted by atomic mass is 32.1. The third kappa shape index (κ3) is 5.65. The van der Waals surface area contributed by atoms with Gasteiger partial charge in [0.15, 0.2) is 0 Å². The summed E-state index contributed by atoms with van der Waals surface area (Å²) in [5.74, 6) is 6.85. The van der Waals surface area contributed by atoms with E-state index in [1.54, 1.807) is 25.2 Å². The molecule has 1 saturated heterocycles. The second-order valence-corrected chi connectivity index (χ2v) is 9.89. The van der Waals surface area contributed by atoms with Crippen LogP contribution in [0.15, 0.2) is 42.7 Å². The number of nitrogen functional groups attached to an aromatic ring is 1. The van der Waals surface area contributed by atoms with Crippen LogP contribution in [0.4, 0.5) is 11.5 Å². The Kier molecular flexibility index (Phi) is 6.47. The first kappa shape index (κ1) is 22.3.